The van der Waals surface area contributed by atoms with Gasteiger partial charge in [0.2, 0.25) is 0 Å². The number of hydrogen-bond acceptors (Lipinski definition) is 7. The number of phosphoric ester groups is 1. The number of unbranched alkanes of at least 4 members (excludes halogenated alkanes) is 58. The van der Waals surface area contributed by atoms with E-state index in [0.717, 1.165) is 38.5 Å². The minimum absolute atomic E-state index is 0.0359. The average Bonchev–Trinajstić information content (AvgIpc) is 3.58. The summed E-state index contributed by atoms with van der Waals surface area (Å²) in [6.45, 7) is 4.52. The van der Waals surface area contributed by atoms with Gasteiger partial charge in [-0.2, -0.15) is 0 Å². The zero-order chi connectivity index (χ0) is 65.5. The second-order valence-corrected chi connectivity index (χ2v) is 30.3. The predicted molar refractivity (Wildman–Crippen MR) is 391 cm³/mol. The predicted octanol–water partition coefficient (Wildman–Crippen LogP) is 26.4. The second kappa shape index (κ2) is 71.8. The smallest absolute Gasteiger partial charge is 0.462 e. The molecule has 90 heavy (non-hydrogen) atoms. The van der Waals surface area contributed by atoms with Crippen molar-refractivity contribution in [3.05, 3.63) is 24.3 Å². The van der Waals surface area contributed by atoms with Crippen molar-refractivity contribution in [2.45, 2.75) is 431 Å². The van der Waals surface area contributed by atoms with Crippen LogP contribution in [0.15, 0.2) is 24.3 Å². The number of carbonyl (C=O) groups is 2. The number of likely N-dealkylation sites (N-methyl/N-ethyl adjacent to an activating group) is 1. The molecular weight excluding hydrogens is 1130 g/mol. The van der Waals surface area contributed by atoms with Gasteiger partial charge in [-0.15, -0.1) is 0 Å². The number of hydrogen-bond donors (Lipinski definition) is 1. The summed E-state index contributed by atoms with van der Waals surface area (Å²) in [5, 5.41) is 0. The van der Waals surface area contributed by atoms with E-state index in [0.29, 0.717) is 17.4 Å². The van der Waals surface area contributed by atoms with Crippen molar-refractivity contribution in [1.82, 2.24) is 0 Å². The first-order chi connectivity index (χ1) is 44.0. The molecule has 1 N–H and O–H groups in total. The zero-order valence-corrected chi connectivity index (χ0v) is 62.1. The Morgan fingerprint density at radius 2 is 0.567 bits per heavy atom. The van der Waals surface area contributed by atoms with Crippen LogP contribution < -0.4 is 0 Å². The fourth-order valence-electron chi connectivity index (χ4n) is 12.3. The van der Waals surface area contributed by atoms with Crippen molar-refractivity contribution in [2.75, 3.05) is 47.5 Å². The van der Waals surface area contributed by atoms with Crippen molar-refractivity contribution in [2.24, 2.45) is 0 Å². The van der Waals surface area contributed by atoms with Gasteiger partial charge in [0.15, 0.2) is 6.10 Å². The van der Waals surface area contributed by atoms with Gasteiger partial charge in [-0.25, -0.2) is 4.57 Å². The molecule has 0 aliphatic rings. The SMILES string of the molecule is CCCCCCCCCC/C=C\CCCCCCCCCCCCCCCCCCCCCCCCCCCCCC(=O)OC(COC(=O)CCCCCCCCCCCCCCCCC/C=C\CCCCCCCCCC)COP(=O)(O)OCC[N+](C)(C)C. The molecule has 0 aromatic heterocycles. The number of rotatable bonds is 76. The monoisotopic (exact) mass is 1290 g/mol. The van der Waals surface area contributed by atoms with E-state index in [1.807, 2.05) is 21.1 Å². The Kier molecular flexibility index (Phi) is 70.6. The molecule has 2 unspecified atom stereocenters. The van der Waals surface area contributed by atoms with E-state index in [1.54, 1.807) is 0 Å². The van der Waals surface area contributed by atoms with Crippen molar-refractivity contribution in [1.29, 1.82) is 0 Å². The van der Waals surface area contributed by atoms with Crippen LogP contribution in [0.25, 0.3) is 0 Å². The van der Waals surface area contributed by atoms with E-state index in [2.05, 4.69) is 38.2 Å². The molecule has 534 valence electrons. The van der Waals surface area contributed by atoms with Crippen LogP contribution in [-0.4, -0.2) is 74.9 Å². The lowest BCUT2D eigenvalue weighted by Gasteiger charge is -2.24. The molecule has 0 heterocycles. The maximum Gasteiger partial charge on any atom is 0.472 e. The minimum Gasteiger partial charge on any atom is -0.462 e. The molecule has 0 bridgehead atoms. The highest BCUT2D eigenvalue weighted by atomic mass is 31.2. The molecular formula is C80H157NO8P+. The summed E-state index contributed by atoms with van der Waals surface area (Å²) in [6.07, 6.45) is 91.9. The molecule has 0 rings (SSSR count). The number of allylic oxidation sites excluding steroid dienone is 4. The van der Waals surface area contributed by atoms with Crippen LogP contribution in [0.3, 0.4) is 0 Å². The lowest BCUT2D eigenvalue weighted by molar-refractivity contribution is -0.870. The molecule has 0 spiro atoms. The lowest BCUT2D eigenvalue weighted by Crippen LogP contribution is -2.37. The molecule has 2 atom stereocenters. The number of quaternary nitrogens is 1. The Labute approximate surface area is 561 Å². The molecule has 0 amide bonds. The van der Waals surface area contributed by atoms with Crippen LogP contribution in [0.1, 0.15) is 425 Å². The summed E-state index contributed by atoms with van der Waals surface area (Å²) in [6, 6.07) is 0. The first kappa shape index (κ1) is 88.5. The first-order valence-electron chi connectivity index (χ1n) is 40.1. The minimum atomic E-state index is -4.39. The van der Waals surface area contributed by atoms with Gasteiger partial charge in [-0.3, -0.25) is 18.6 Å². The fourth-order valence-corrected chi connectivity index (χ4v) is 13.0. The van der Waals surface area contributed by atoms with Gasteiger partial charge in [0.05, 0.1) is 27.7 Å². The largest absolute Gasteiger partial charge is 0.472 e. The highest BCUT2D eigenvalue weighted by Crippen LogP contribution is 2.43. The summed E-state index contributed by atoms with van der Waals surface area (Å²) in [7, 11) is 1.50. The summed E-state index contributed by atoms with van der Waals surface area (Å²) < 4.78 is 34.8. The third-order valence-electron chi connectivity index (χ3n) is 18.5. The lowest BCUT2D eigenvalue weighted by atomic mass is 10.0. The topological polar surface area (TPSA) is 108 Å². The third kappa shape index (κ3) is 75.5. The van der Waals surface area contributed by atoms with Gasteiger partial charge in [0.25, 0.3) is 0 Å². The van der Waals surface area contributed by atoms with Crippen molar-refractivity contribution < 1.29 is 42.1 Å². The average molecular weight is 1290 g/mol. The van der Waals surface area contributed by atoms with E-state index in [9.17, 15) is 19.0 Å². The van der Waals surface area contributed by atoms with Gasteiger partial charge in [-0.1, -0.05) is 372 Å². The van der Waals surface area contributed by atoms with Crippen LogP contribution >= 0.6 is 7.82 Å². The molecule has 0 aliphatic heterocycles. The normalized spacial score (nSPS) is 13.1. The van der Waals surface area contributed by atoms with Gasteiger partial charge in [0.1, 0.15) is 19.8 Å². The molecule has 0 aliphatic carbocycles. The molecule has 0 aromatic carbocycles. The fraction of sp³-hybridized carbons (Fsp3) is 0.925. The maximum absolute atomic E-state index is 12.9. The second-order valence-electron chi connectivity index (χ2n) is 28.8. The van der Waals surface area contributed by atoms with Gasteiger partial charge in [-0.05, 0) is 64.2 Å². The summed E-state index contributed by atoms with van der Waals surface area (Å²) in [5.74, 6) is -0.770. The van der Waals surface area contributed by atoms with Crippen molar-refractivity contribution >= 4 is 19.8 Å². The summed E-state index contributed by atoms with van der Waals surface area (Å²) >= 11 is 0. The molecule has 0 aromatic rings. The molecule has 10 heteroatoms. The zero-order valence-electron chi connectivity index (χ0n) is 61.2. The van der Waals surface area contributed by atoms with Crippen LogP contribution in [0.5, 0.6) is 0 Å². The van der Waals surface area contributed by atoms with Crippen LogP contribution in [0.2, 0.25) is 0 Å². The van der Waals surface area contributed by atoms with E-state index >= 15 is 0 Å². The quantitative estimate of drug-likeness (QED) is 0.0211. The van der Waals surface area contributed by atoms with Crippen molar-refractivity contribution in [3.63, 3.8) is 0 Å². The Balaban J connectivity index is 3.88. The van der Waals surface area contributed by atoms with Gasteiger partial charge in [0, 0.05) is 12.8 Å². The molecule has 0 radical (unpaired) electrons. The Morgan fingerprint density at radius 3 is 0.822 bits per heavy atom. The molecule has 0 saturated carbocycles. The Hall–Kier alpha value is -1.51. The van der Waals surface area contributed by atoms with Crippen LogP contribution in [0, 0.1) is 0 Å². The highest BCUT2D eigenvalue weighted by Gasteiger charge is 2.27. The van der Waals surface area contributed by atoms with Crippen molar-refractivity contribution in [3.8, 4) is 0 Å². The van der Waals surface area contributed by atoms with Crippen LogP contribution in [0.4, 0.5) is 0 Å². The number of esters is 2. The number of carbonyl (C=O) groups excluding carboxylic acids is 2. The van der Waals surface area contributed by atoms with Crippen LogP contribution in [-0.2, 0) is 32.7 Å². The first-order valence-corrected chi connectivity index (χ1v) is 41.6. The van der Waals surface area contributed by atoms with E-state index in [1.165, 1.54) is 360 Å². The van der Waals surface area contributed by atoms with Gasteiger partial charge < -0.3 is 18.9 Å². The van der Waals surface area contributed by atoms with E-state index in [-0.39, 0.29) is 25.6 Å². The maximum atomic E-state index is 12.9. The summed E-state index contributed by atoms with van der Waals surface area (Å²) in [4.78, 5) is 36.0. The van der Waals surface area contributed by atoms with Gasteiger partial charge >= 0.3 is 19.8 Å². The molecule has 0 saturated heterocycles. The highest BCUT2D eigenvalue weighted by molar-refractivity contribution is 7.47. The third-order valence-corrected chi connectivity index (χ3v) is 19.4. The van der Waals surface area contributed by atoms with E-state index < -0.39 is 26.5 Å². The van der Waals surface area contributed by atoms with E-state index in [4.69, 9.17) is 18.5 Å². The Morgan fingerprint density at radius 1 is 0.333 bits per heavy atom. The standard InChI is InChI=1S/C80H156NO8P/c1-6-8-10-12-14-16-18-20-22-24-26-28-30-32-34-35-36-37-38-39-40-41-42-43-44-45-47-49-51-53-55-57-59-61-63-65-67-69-71-73-80(83)89-78(77-88-90(84,85)87-75-74-81(3,4)5)76-86-79(82)72-70-68-66-64-62-60-58-56-54-52-50-48-46-33-31-29-27-25-23-21-19-17-15-13-11-9-7-2/h24-27,78H,6-23,28-77H2,1-5H3/p+1/b26-24-,27-25-. The number of nitrogens with zero attached hydrogens (tertiary/aromatic N) is 1. The molecule has 0 fully saturated rings. The molecule has 9 nitrogen and oxygen atoms in total. The number of ether oxygens (including phenoxy) is 2. The summed E-state index contributed by atoms with van der Waals surface area (Å²) in [5.41, 5.74) is 0. The number of phosphoric acid groups is 1. The Bertz CT molecular complexity index is 1560.